The molecule has 10 heteroatoms. The van der Waals surface area contributed by atoms with E-state index < -0.39 is 17.9 Å². The first-order valence-corrected chi connectivity index (χ1v) is 10.2. The molecule has 0 aliphatic carbocycles. The molecule has 2 atom stereocenters. The zero-order chi connectivity index (χ0) is 21.5. The van der Waals surface area contributed by atoms with Crippen LogP contribution in [0, 0.1) is 0 Å². The van der Waals surface area contributed by atoms with Crippen molar-refractivity contribution in [3.05, 3.63) is 29.8 Å². The van der Waals surface area contributed by atoms with Crippen molar-refractivity contribution < 1.29 is 28.6 Å². The van der Waals surface area contributed by atoms with E-state index in [-0.39, 0.29) is 30.2 Å². The lowest BCUT2D eigenvalue weighted by Crippen LogP contribution is -2.60. The van der Waals surface area contributed by atoms with E-state index in [0.29, 0.717) is 31.0 Å². The van der Waals surface area contributed by atoms with E-state index in [9.17, 15) is 14.4 Å². The zero-order valence-corrected chi connectivity index (χ0v) is 17.5. The Labute approximate surface area is 180 Å². The fourth-order valence-corrected chi connectivity index (χ4v) is 3.72. The first-order chi connectivity index (χ1) is 14.5. The molecule has 9 nitrogen and oxygen atoms in total. The third-order valence-corrected chi connectivity index (χ3v) is 5.31. The third kappa shape index (κ3) is 5.45. The van der Waals surface area contributed by atoms with Gasteiger partial charge >= 0.3 is 5.97 Å². The molecule has 2 aliphatic rings. The van der Waals surface area contributed by atoms with Crippen LogP contribution in [0.2, 0.25) is 0 Å². The number of carbonyl (C=O) groups is 3. The monoisotopic (exact) mass is 435 g/mol. The Kier molecular flexibility index (Phi) is 7.58. The van der Waals surface area contributed by atoms with Crippen molar-refractivity contribution in [3.63, 3.8) is 0 Å². The summed E-state index contributed by atoms with van der Waals surface area (Å²) in [5, 5.41) is 5.41. The molecule has 2 fully saturated rings. The first kappa shape index (κ1) is 22.0. The molecular weight excluding hydrogens is 410 g/mol. The van der Waals surface area contributed by atoms with Gasteiger partial charge in [0.25, 0.3) is 5.91 Å². The number of carbonyl (C=O) groups excluding carboxylic acids is 3. The highest BCUT2D eigenvalue weighted by Crippen LogP contribution is 2.18. The number of ether oxygens (including phenoxy) is 3. The molecule has 1 aromatic carbocycles. The van der Waals surface area contributed by atoms with E-state index in [1.165, 1.54) is 12.0 Å². The van der Waals surface area contributed by atoms with E-state index in [1.807, 2.05) is 0 Å². The van der Waals surface area contributed by atoms with Crippen molar-refractivity contribution in [1.82, 2.24) is 15.5 Å². The van der Waals surface area contributed by atoms with Gasteiger partial charge in [-0.2, -0.15) is 0 Å². The van der Waals surface area contributed by atoms with Crippen LogP contribution in [0.5, 0.6) is 5.75 Å². The van der Waals surface area contributed by atoms with Crippen molar-refractivity contribution in [2.45, 2.75) is 31.4 Å². The number of piperazine rings is 1. The largest absolute Gasteiger partial charge is 0.496 e. The van der Waals surface area contributed by atoms with Gasteiger partial charge < -0.3 is 24.4 Å². The van der Waals surface area contributed by atoms with E-state index in [4.69, 9.17) is 26.4 Å². The van der Waals surface area contributed by atoms with Gasteiger partial charge in [0, 0.05) is 19.7 Å². The number of esters is 1. The third-order valence-electron chi connectivity index (χ3n) is 4.98. The number of hydrogen-bond donors (Lipinski definition) is 2. The predicted octanol–water partition coefficient (Wildman–Crippen LogP) is 0.623. The summed E-state index contributed by atoms with van der Waals surface area (Å²) in [6.07, 6.45) is 1.53. The Bertz CT molecular complexity index is 811. The molecular formula is C20H25N3O6S. The van der Waals surface area contributed by atoms with Crippen LogP contribution in [-0.2, 0) is 19.1 Å². The Hall–Kier alpha value is -2.72. The first-order valence-electron chi connectivity index (χ1n) is 9.79. The van der Waals surface area contributed by atoms with Crippen LogP contribution >= 0.6 is 12.2 Å². The van der Waals surface area contributed by atoms with Gasteiger partial charge in [0.15, 0.2) is 5.11 Å². The number of para-hydroxylation sites is 1. The van der Waals surface area contributed by atoms with E-state index in [2.05, 4.69) is 10.6 Å². The predicted molar refractivity (Wildman–Crippen MR) is 111 cm³/mol. The topological polar surface area (TPSA) is 106 Å². The highest BCUT2D eigenvalue weighted by Gasteiger charge is 2.34. The summed E-state index contributed by atoms with van der Waals surface area (Å²) in [6, 6.07) is 5.88. The normalized spacial score (nSPS) is 21.0. The number of amides is 2. The molecule has 0 saturated carbocycles. The maximum Gasteiger partial charge on any atom is 0.308 e. The lowest BCUT2D eigenvalue weighted by Gasteiger charge is -2.36. The van der Waals surface area contributed by atoms with Crippen LogP contribution in [0.4, 0.5) is 0 Å². The number of nitrogens with one attached hydrogen (secondary N) is 2. The van der Waals surface area contributed by atoms with Crippen molar-refractivity contribution >= 4 is 35.1 Å². The fourth-order valence-electron chi connectivity index (χ4n) is 3.41. The van der Waals surface area contributed by atoms with Gasteiger partial charge in [-0.3, -0.25) is 19.7 Å². The highest BCUT2D eigenvalue weighted by atomic mass is 32.1. The Morgan fingerprint density at radius 2 is 2.17 bits per heavy atom. The summed E-state index contributed by atoms with van der Waals surface area (Å²) >= 11 is 5.37. The highest BCUT2D eigenvalue weighted by molar-refractivity contribution is 7.80. The van der Waals surface area contributed by atoms with E-state index >= 15 is 0 Å². The van der Waals surface area contributed by atoms with E-state index in [0.717, 1.165) is 12.8 Å². The minimum Gasteiger partial charge on any atom is -0.496 e. The number of thiocarbonyl (C=S) groups is 1. The number of methoxy groups -OCH3 is 1. The van der Waals surface area contributed by atoms with E-state index in [1.54, 1.807) is 24.3 Å². The molecule has 2 N–H and O–H groups in total. The van der Waals surface area contributed by atoms with Gasteiger partial charge in [-0.25, -0.2) is 0 Å². The minimum absolute atomic E-state index is 0.0673. The van der Waals surface area contributed by atoms with Crippen LogP contribution in [0.15, 0.2) is 24.3 Å². The van der Waals surface area contributed by atoms with Gasteiger partial charge in [0.2, 0.25) is 5.91 Å². The summed E-state index contributed by atoms with van der Waals surface area (Å²) in [5.74, 6) is -0.910. The molecule has 3 rings (SSSR count). The lowest BCUT2D eigenvalue weighted by atomic mass is 10.1. The summed E-state index contributed by atoms with van der Waals surface area (Å²) in [4.78, 5) is 38.8. The molecule has 2 aliphatic heterocycles. The summed E-state index contributed by atoms with van der Waals surface area (Å²) < 4.78 is 15.9. The molecule has 1 aromatic rings. The quantitative estimate of drug-likeness (QED) is 0.495. The molecule has 2 saturated heterocycles. The minimum atomic E-state index is -0.860. The number of rotatable bonds is 6. The smallest absolute Gasteiger partial charge is 0.308 e. The molecule has 2 heterocycles. The molecule has 0 unspecified atom stereocenters. The lowest BCUT2D eigenvalue weighted by molar-refractivity contribution is -0.150. The Morgan fingerprint density at radius 3 is 2.90 bits per heavy atom. The van der Waals surface area contributed by atoms with Gasteiger partial charge in [-0.1, -0.05) is 12.1 Å². The van der Waals surface area contributed by atoms with Crippen LogP contribution in [0.25, 0.3) is 0 Å². The number of hydrogen-bond acceptors (Lipinski definition) is 7. The van der Waals surface area contributed by atoms with Crippen LogP contribution in [0.3, 0.4) is 0 Å². The molecule has 0 bridgehead atoms. The molecule has 0 radical (unpaired) electrons. The van der Waals surface area contributed by atoms with Gasteiger partial charge in [0.1, 0.15) is 18.4 Å². The second-order valence-electron chi connectivity index (χ2n) is 6.98. The molecule has 30 heavy (non-hydrogen) atoms. The van der Waals surface area contributed by atoms with Gasteiger partial charge in [0.05, 0.1) is 25.2 Å². The molecule has 0 spiro atoms. The maximum absolute atomic E-state index is 12.6. The molecule has 2 amide bonds. The Balaban J connectivity index is 1.61. The van der Waals surface area contributed by atoms with Gasteiger partial charge in [-0.05, 0) is 37.2 Å². The van der Waals surface area contributed by atoms with Crippen LogP contribution < -0.4 is 15.4 Å². The second-order valence-corrected chi connectivity index (χ2v) is 7.37. The zero-order valence-electron chi connectivity index (χ0n) is 16.7. The SMILES string of the molecule is COc1ccccc1C(=O)NC(=S)N1CCNC(=O)[C@@H]1CC(=O)OC[C@@H]1CCCO1. The maximum atomic E-state index is 12.6. The standard InChI is InChI=1S/C20H25N3O6S/c1-27-16-7-3-2-6-14(16)18(25)22-20(30)23-9-8-21-19(26)15(23)11-17(24)29-12-13-5-4-10-28-13/h2-3,6-7,13,15H,4-5,8-12H2,1H3,(H,21,26)(H,22,25,30)/t13-,15-/m0/s1. The van der Waals surface area contributed by atoms with Crippen molar-refractivity contribution in [1.29, 1.82) is 0 Å². The number of benzene rings is 1. The molecule has 0 aromatic heterocycles. The Morgan fingerprint density at radius 1 is 1.37 bits per heavy atom. The van der Waals surface area contributed by atoms with Crippen molar-refractivity contribution in [2.24, 2.45) is 0 Å². The van der Waals surface area contributed by atoms with Crippen molar-refractivity contribution in [3.8, 4) is 5.75 Å². The fraction of sp³-hybridized carbons (Fsp3) is 0.500. The summed E-state index contributed by atoms with van der Waals surface area (Å²) in [6.45, 7) is 1.55. The van der Waals surface area contributed by atoms with Crippen LogP contribution in [0.1, 0.15) is 29.6 Å². The average Bonchev–Trinajstić information content (AvgIpc) is 3.27. The van der Waals surface area contributed by atoms with Crippen LogP contribution in [-0.4, -0.2) is 73.4 Å². The molecule has 162 valence electrons. The van der Waals surface area contributed by atoms with Crippen molar-refractivity contribution in [2.75, 3.05) is 33.4 Å². The second kappa shape index (κ2) is 10.4. The summed E-state index contributed by atoms with van der Waals surface area (Å²) in [7, 11) is 1.47. The average molecular weight is 436 g/mol. The number of nitrogens with zero attached hydrogens (tertiary/aromatic N) is 1. The summed E-state index contributed by atoms with van der Waals surface area (Å²) in [5.41, 5.74) is 0.316. The van der Waals surface area contributed by atoms with Gasteiger partial charge in [-0.15, -0.1) is 0 Å².